The van der Waals surface area contributed by atoms with E-state index in [1.807, 2.05) is 25.2 Å². The van der Waals surface area contributed by atoms with Crippen LogP contribution in [-0.2, 0) is 4.79 Å². The number of hydrogen-bond donors (Lipinski definition) is 2. The fourth-order valence-electron chi connectivity index (χ4n) is 4.38. The van der Waals surface area contributed by atoms with Gasteiger partial charge < -0.3 is 24.6 Å². The normalized spacial score (nSPS) is 21.8. The highest BCUT2D eigenvalue weighted by Gasteiger charge is 2.61. The molecule has 1 atom stereocenters. The first-order valence-corrected chi connectivity index (χ1v) is 10.8. The van der Waals surface area contributed by atoms with Gasteiger partial charge in [0.2, 0.25) is 12.7 Å². The zero-order valence-corrected chi connectivity index (χ0v) is 18.2. The maximum Gasteiger partial charge on any atom is 0.310 e. The number of carbonyl (C=O) groups is 2. The zero-order chi connectivity index (χ0) is 23.1. The van der Waals surface area contributed by atoms with E-state index in [0.29, 0.717) is 48.6 Å². The maximum absolute atomic E-state index is 12.9. The molecule has 2 aromatic rings. The molecule has 170 valence electrons. The molecule has 1 aromatic carbocycles. The molecule has 2 N–H and O–H groups in total. The molecule has 8 heteroatoms. The topological polar surface area (TPSA) is 107 Å². The molecule has 8 nitrogen and oxygen atoms in total. The fourth-order valence-corrected chi connectivity index (χ4v) is 4.38. The molecule has 0 radical (unpaired) electrons. The van der Waals surface area contributed by atoms with Gasteiger partial charge in [-0.25, -0.2) is 4.98 Å². The lowest BCUT2D eigenvalue weighted by Crippen LogP contribution is -2.35. The number of hydrogen-bond acceptors (Lipinski definition) is 6. The van der Waals surface area contributed by atoms with Crippen LogP contribution in [0.2, 0.25) is 0 Å². The van der Waals surface area contributed by atoms with Gasteiger partial charge in [-0.15, -0.1) is 0 Å². The van der Waals surface area contributed by atoms with E-state index in [4.69, 9.17) is 14.2 Å². The molecular formula is C25H24N2O6. The van der Waals surface area contributed by atoms with E-state index in [1.54, 1.807) is 36.5 Å². The van der Waals surface area contributed by atoms with Crippen molar-refractivity contribution in [2.45, 2.75) is 26.2 Å². The van der Waals surface area contributed by atoms with Gasteiger partial charge in [0.25, 0.3) is 5.91 Å². The second-order valence-electron chi connectivity index (χ2n) is 8.78. The number of nitrogens with zero attached hydrogens (tertiary/aromatic N) is 1. The summed E-state index contributed by atoms with van der Waals surface area (Å²) in [7, 11) is 0. The first kappa shape index (κ1) is 21.1. The Kier molecular flexibility index (Phi) is 5.08. The lowest BCUT2D eigenvalue weighted by molar-refractivity contribution is -0.147. The smallest absolute Gasteiger partial charge is 0.310 e. The number of carbonyl (C=O) groups excluding carboxylic acids is 1. The Hall–Kier alpha value is -3.81. The minimum absolute atomic E-state index is 0.163. The number of amides is 1. The molecular weight excluding hydrogens is 424 g/mol. The zero-order valence-electron chi connectivity index (χ0n) is 18.2. The number of benzene rings is 1. The van der Waals surface area contributed by atoms with Crippen LogP contribution in [0.1, 0.15) is 36.5 Å². The molecule has 1 aromatic heterocycles. The van der Waals surface area contributed by atoms with Gasteiger partial charge in [0.05, 0.1) is 5.41 Å². The van der Waals surface area contributed by atoms with E-state index in [9.17, 15) is 14.7 Å². The molecule has 1 aliphatic heterocycles. The largest absolute Gasteiger partial charge is 0.481 e. The number of aliphatic carboxylic acids is 1. The number of carboxylic acids is 1. The summed E-state index contributed by atoms with van der Waals surface area (Å²) < 4.78 is 16.5. The van der Waals surface area contributed by atoms with Crippen molar-refractivity contribution in [3.05, 3.63) is 65.9 Å². The fraction of sp³-hybridized carbons (Fsp3) is 0.320. The van der Waals surface area contributed by atoms with E-state index in [2.05, 4.69) is 10.3 Å². The van der Waals surface area contributed by atoms with Crippen molar-refractivity contribution in [3.8, 4) is 23.1 Å². The lowest BCUT2D eigenvalue weighted by atomic mass is 9.69. The first-order chi connectivity index (χ1) is 15.9. The van der Waals surface area contributed by atoms with Crippen LogP contribution in [0, 0.1) is 10.8 Å². The SMILES string of the molecule is CC1(C2(C(=O)O)CC2)C=CC(CNC(=O)c2cccnc2Oc2ccc3c(c2)OCO3)=CC1. The highest BCUT2D eigenvalue weighted by molar-refractivity contribution is 5.96. The predicted molar refractivity (Wildman–Crippen MR) is 118 cm³/mol. The molecule has 0 spiro atoms. The third-order valence-corrected chi connectivity index (χ3v) is 6.73. The lowest BCUT2D eigenvalue weighted by Gasteiger charge is -2.34. The molecule has 1 unspecified atom stereocenters. The first-order valence-electron chi connectivity index (χ1n) is 10.8. The number of carboxylic acid groups (broad SMARTS) is 1. The molecule has 0 bridgehead atoms. The summed E-state index contributed by atoms with van der Waals surface area (Å²) in [6.07, 6.45) is 9.51. The molecule has 1 saturated carbocycles. The Labute approximate surface area is 190 Å². The average molecular weight is 448 g/mol. The second-order valence-corrected chi connectivity index (χ2v) is 8.78. The number of fused-ring (bicyclic) bond motifs is 1. The number of allylic oxidation sites excluding steroid dienone is 2. The van der Waals surface area contributed by atoms with E-state index < -0.39 is 16.8 Å². The number of ether oxygens (including phenoxy) is 3. The van der Waals surface area contributed by atoms with Crippen LogP contribution in [0.3, 0.4) is 0 Å². The summed E-state index contributed by atoms with van der Waals surface area (Å²) >= 11 is 0. The van der Waals surface area contributed by atoms with Crippen LogP contribution in [0.5, 0.6) is 23.1 Å². The third kappa shape index (κ3) is 3.82. The minimum Gasteiger partial charge on any atom is -0.481 e. The quantitative estimate of drug-likeness (QED) is 0.657. The van der Waals surface area contributed by atoms with Crippen molar-refractivity contribution in [1.29, 1.82) is 0 Å². The van der Waals surface area contributed by atoms with Gasteiger partial charge in [0.1, 0.15) is 11.3 Å². The predicted octanol–water partition coefficient (Wildman–Crippen LogP) is 4.09. The van der Waals surface area contributed by atoms with E-state index >= 15 is 0 Å². The average Bonchev–Trinajstić information content (AvgIpc) is 3.52. The molecule has 5 rings (SSSR count). The minimum atomic E-state index is -0.730. The van der Waals surface area contributed by atoms with Gasteiger partial charge in [0, 0.05) is 24.2 Å². The van der Waals surface area contributed by atoms with E-state index in [0.717, 1.165) is 5.57 Å². The Morgan fingerprint density at radius 2 is 2.03 bits per heavy atom. The van der Waals surface area contributed by atoms with Crippen LogP contribution in [-0.4, -0.2) is 35.3 Å². The molecule has 2 heterocycles. The van der Waals surface area contributed by atoms with Gasteiger partial charge in [-0.1, -0.05) is 25.2 Å². The second kappa shape index (κ2) is 7.95. The molecule has 1 amide bonds. The van der Waals surface area contributed by atoms with Crippen molar-refractivity contribution in [3.63, 3.8) is 0 Å². The summed E-state index contributed by atoms with van der Waals surface area (Å²) in [5.74, 6) is 0.843. The van der Waals surface area contributed by atoms with Crippen molar-refractivity contribution in [2.24, 2.45) is 10.8 Å². The molecule has 2 aliphatic carbocycles. The summed E-state index contributed by atoms with van der Waals surface area (Å²) in [5, 5.41) is 12.5. The highest BCUT2D eigenvalue weighted by Crippen LogP contribution is 2.62. The van der Waals surface area contributed by atoms with Gasteiger partial charge in [0.15, 0.2) is 11.5 Å². The van der Waals surface area contributed by atoms with Crippen LogP contribution >= 0.6 is 0 Å². The number of pyridine rings is 1. The monoisotopic (exact) mass is 448 g/mol. The van der Waals surface area contributed by atoms with E-state index in [1.165, 1.54) is 0 Å². The van der Waals surface area contributed by atoms with Crippen molar-refractivity contribution in [2.75, 3.05) is 13.3 Å². The number of nitrogens with one attached hydrogen (secondary N) is 1. The van der Waals surface area contributed by atoms with Crippen molar-refractivity contribution in [1.82, 2.24) is 10.3 Å². The van der Waals surface area contributed by atoms with Gasteiger partial charge in [-0.3, -0.25) is 9.59 Å². The molecule has 3 aliphatic rings. The Morgan fingerprint density at radius 1 is 1.21 bits per heavy atom. The number of aromatic nitrogens is 1. The maximum atomic E-state index is 12.9. The van der Waals surface area contributed by atoms with E-state index in [-0.39, 0.29) is 18.6 Å². The van der Waals surface area contributed by atoms with Gasteiger partial charge in [-0.2, -0.15) is 0 Å². The molecule has 1 fully saturated rings. The summed E-state index contributed by atoms with van der Waals surface area (Å²) in [6, 6.07) is 8.48. The van der Waals surface area contributed by atoms with Crippen molar-refractivity contribution < 1.29 is 28.9 Å². The Balaban J connectivity index is 1.23. The Morgan fingerprint density at radius 3 is 2.76 bits per heavy atom. The molecule has 33 heavy (non-hydrogen) atoms. The Bertz CT molecular complexity index is 1180. The number of rotatable bonds is 7. The van der Waals surface area contributed by atoms with Crippen LogP contribution < -0.4 is 19.5 Å². The van der Waals surface area contributed by atoms with Gasteiger partial charge in [-0.05, 0) is 49.1 Å². The van der Waals surface area contributed by atoms with Crippen LogP contribution in [0.4, 0.5) is 0 Å². The van der Waals surface area contributed by atoms with Gasteiger partial charge >= 0.3 is 5.97 Å². The summed E-state index contributed by atoms with van der Waals surface area (Å²) in [5.41, 5.74) is 0.180. The van der Waals surface area contributed by atoms with Crippen LogP contribution in [0.25, 0.3) is 0 Å². The van der Waals surface area contributed by atoms with Crippen LogP contribution in [0.15, 0.2) is 60.3 Å². The summed E-state index contributed by atoms with van der Waals surface area (Å²) in [4.78, 5) is 28.8. The highest BCUT2D eigenvalue weighted by atomic mass is 16.7. The molecule has 0 saturated heterocycles. The summed E-state index contributed by atoms with van der Waals surface area (Å²) in [6.45, 7) is 2.48. The standard InChI is InChI=1S/C25H24N2O6/c1-24(25(10-11-25)23(29)30)8-6-16(7-9-24)14-27-21(28)18-3-2-12-26-22(18)33-17-4-5-19-20(13-17)32-15-31-19/h2-8,12-13H,9-11,14-15H2,1H3,(H,27,28)(H,29,30). The van der Waals surface area contributed by atoms with Crippen molar-refractivity contribution >= 4 is 11.9 Å². The third-order valence-electron chi connectivity index (χ3n) is 6.73.